The molecule has 198 valence electrons. The molecule has 0 heterocycles. The van der Waals surface area contributed by atoms with Gasteiger partial charge in [-0.3, -0.25) is 4.79 Å². The Kier molecular flexibility index (Phi) is 21.1. The fourth-order valence-corrected chi connectivity index (χ4v) is 5.69. The van der Waals surface area contributed by atoms with Crippen LogP contribution < -0.4 is 0 Å². The minimum Gasteiger partial charge on any atom is -0.520 e. The second-order valence-electron chi connectivity index (χ2n) is 12.0. The predicted molar refractivity (Wildman–Crippen MR) is 151 cm³/mol. The molecule has 0 rings (SSSR count). The van der Waals surface area contributed by atoms with E-state index in [1.165, 1.54) is 116 Å². The predicted octanol–water partition coefficient (Wildman–Crippen LogP) is 10.0. The first kappa shape index (κ1) is 32.9. The summed E-state index contributed by atoms with van der Waals surface area (Å²) >= 11 is 0. The Morgan fingerprint density at radius 2 is 0.758 bits per heavy atom. The largest absolute Gasteiger partial charge is 0.520 e. The van der Waals surface area contributed by atoms with E-state index in [-0.39, 0.29) is 5.97 Å². The van der Waals surface area contributed by atoms with Crippen molar-refractivity contribution >= 4 is 22.6 Å². The fourth-order valence-electron chi connectivity index (χ4n) is 4.15. The van der Waals surface area contributed by atoms with Gasteiger partial charge in [-0.05, 0) is 52.1 Å². The van der Waals surface area contributed by atoms with E-state index in [1.807, 2.05) is 0 Å². The summed E-state index contributed by atoms with van der Waals surface area (Å²) in [5, 5.41) is 0. The van der Waals surface area contributed by atoms with Crippen molar-refractivity contribution in [3.63, 3.8) is 0 Å². The number of carbonyl (C=O) groups excluding carboxylic acids is 1. The molecule has 0 bridgehead atoms. The minimum absolute atomic E-state index is 0.0172. The van der Waals surface area contributed by atoms with Crippen molar-refractivity contribution in [2.45, 2.75) is 168 Å². The number of hydrogen-bond acceptors (Lipinski definition) is 3. The molecule has 0 radical (unpaired) electrons. The van der Waals surface area contributed by atoms with Gasteiger partial charge in [-0.1, -0.05) is 109 Å². The van der Waals surface area contributed by atoms with E-state index in [0.29, 0.717) is 6.42 Å². The zero-order valence-corrected chi connectivity index (χ0v) is 25.6. The van der Waals surface area contributed by atoms with Crippen LogP contribution >= 0.6 is 0 Å². The highest BCUT2D eigenvalue weighted by atomic mass is 28.4. The molecule has 3 nitrogen and oxygen atoms in total. The zero-order valence-electron chi connectivity index (χ0n) is 23.6. The van der Waals surface area contributed by atoms with Crippen LogP contribution in [-0.2, 0) is 13.6 Å². The molecule has 0 saturated carbocycles. The molecule has 0 aliphatic heterocycles. The Bertz CT molecular complexity index is 441. The first-order chi connectivity index (χ1) is 15.6. The maximum absolute atomic E-state index is 11.7. The summed E-state index contributed by atoms with van der Waals surface area (Å²) in [5.41, 5.74) is 0. The van der Waals surface area contributed by atoms with Crippen molar-refractivity contribution in [3.8, 4) is 0 Å². The highest BCUT2D eigenvalue weighted by molar-refractivity contribution is 6.71. The van der Waals surface area contributed by atoms with Crippen molar-refractivity contribution in [1.82, 2.24) is 0 Å². The van der Waals surface area contributed by atoms with Crippen LogP contribution in [0.15, 0.2) is 0 Å². The van der Waals surface area contributed by atoms with Crippen LogP contribution in [0.1, 0.15) is 128 Å². The van der Waals surface area contributed by atoms with E-state index in [2.05, 4.69) is 39.3 Å². The molecule has 0 fully saturated rings. The van der Waals surface area contributed by atoms with Gasteiger partial charge in [-0.25, -0.2) is 0 Å². The van der Waals surface area contributed by atoms with Gasteiger partial charge in [0.2, 0.25) is 8.32 Å². The molecule has 0 aliphatic rings. The number of unbranched alkanes of at least 4 members (excludes halogenated alkanes) is 18. The van der Waals surface area contributed by atoms with E-state index >= 15 is 0 Å². The van der Waals surface area contributed by atoms with Crippen LogP contribution in [0.3, 0.4) is 0 Å². The summed E-state index contributed by atoms with van der Waals surface area (Å²) in [6, 6.07) is 0. The number of carbonyl (C=O) groups is 1. The van der Waals surface area contributed by atoms with Gasteiger partial charge in [0.25, 0.3) is 5.97 Å². The minimum atomic E-state index is -1.69. The van der Waals surface area contributed by atoms with E-state index < -0.39 is 16.6 Å². The van der Waals surface area contributed by atoms with Gasteiger partial charge in [0, 0.05) is 13.0 Å². The second-order valence-corrected chi connectivity index (χ2v) is 21.0. The summed E-state index contributed by atoms with van der Waals surface area (Å²) in [6.07, 6.45) is 26.4. The fraction of sp³-hybridized carbons (Fsp3) is 0.964. The molecule has 5 heteroatoms. The van der Waals surface area contributed by atoms with Gasteiger partial charge in [0.15, 0.2) is 8.32 Å². The van der Waals surface area contributed by atoms with Crippen molar-refractivity contribution in [2.24, 2.45) is 0 Å². The topological polar surface area (TPSA) is 35.5 Å². The van der Waals surface area contributed by atoms with Gasteiger partial charge in [-0.15, -0.1) is 0 Å². The van der Waals surface area contributed by atoms with Crippen LogP contribution in [-0.4, -0.2) is 29.2 Å². The van der Waals surface area contributed by atoms with Crippen molar-refractivity contribution in [3.05, 3.63) is 0 Å². The normalized spacial score (nSPS) is 12.3. The Balaban J connectivity index is 3.14. The number of hydrogen-bond donors (Lipinski definition) is 0. The molecule has 0 amide bonds. The third kappa shape index (κ3) is 29.8. The first-order valence-electron chi connectivity index (χ1n) is 14.5. The van der Waals surface area contributed by atoms with E-state index in [0.717, 1.165) is 13.0 Å². The van der Waals surface area contributed by atoms with Crippen LogP contribution in [0.2, 0.25) is 39.3 Å². The van der Waals surface area contributed by atoms with Crippen molar-refractivity contribution in [1.29, 1.82) is 0 Å². The van der Waals surface area contributed by atoms with Gasteiger partial charge >= 0.3 is 0 Å². The molecule has 0 aromatic carbocycles. The molecular formula is C28H60O3Si2. The van der Waals surface area contributed by atoms with Crippen LogP contribution in [0.5, 0.6) is 0 Å². The Morgan fingerprint density at radius 1 is 0.455 bits per heavy atom. The summed E-state index contributed by atoms with van der Waals surface area (Å²) in [7, 11) is -2.99. The molecular weight excluding hydrogens is 440 g/mol. The highest BCUT2D eigenvalue weighted by Gasteiger charge is 2.19. The van der Waals surface area contributed by atoms with Gasteiger partial charge in [0.05, 0.1) is 0 Å². The van der Waals surface area contributed by atoms with Gasteiger partial charge in [0.1, 0.15) is 0 Å². The Morgan fingerprint density at radius 3 is 1.06 bits per heavy atom. The maximum atomic E-state index is 11.7. The van der Waals surface area contributed by atoms with Gasteiger partial charge in [-0.2, -0.15) is 0 Å². The van der Waals surface area contributed by atoms with E-state index in [1.54, 1.807) is 0 Å². The third-order valence-electron chi connectivity index (χ3n) is 5.98. The molecule has 0 saturated heterocycles. The lowest BCUT2D eigenvalue weighted by atomic mass is 10.0. The smallest absolute Gasteiger partial charge is 0.292 e. The van der Waals surface area contributed by atoms with Crippen molar-refractivity contribution < 1.29 is 13.6 Å². The maximum Gasteiger partial charge on any atom is 0.292 e. The lowest BCUT2D eigenvalue weighted by Gasteiger charge is -2.17. The average molecular weight is 501 g/mol. The monoisotopic (exact) mass is 500 g/mol. The van der Waals surface area contributed by atoms with Crippen LogP contribution in [0.25, 0.3) is 0 Å². The molecule has 0 N–H and O–H groups in total. The quantitative estimate of drug-likeness (QED) is 0.0976. The summed E-state index contributed by atoms with van der Waals surface area (Å²) in [5.74, 6) is 0.0172. The molecule has 0 aliphatic carbocycles. The second kappa shape index (κ2) is 21.2. The molecule has 0 unspecified atom stereocenters. The molecule has 0 spiro atoms. The van der Waals surface area contributed by atoms with E-state index in [4.69, 9.17) is 8.85 Å². The Labute approximate surface area is 210 Å². The van der Waals surface area contributed by atoms with Crippen LogP contribution in [0.4, 0.5) is 0 Å². The molecule has 0 atom stereocenters. The lowest BCUT2D eigenvalue weighted by Crippen LogP contribution is -2.28. The molecule has 0 aromatic heterocycles. The molecule has 0 aromatic rings. The first-order valence-corrected chi connectivity index (χ1v) is 21.3. The summed E-state index contributed by atoms with van der Waals surface area (Å²) < 4.78 is 11.4. The average Bonchev–Trinajstić information content (AvgIpc) is 2.69. The number of rotatable bonds is 24. The zero-order chi connectivity index (χ0) is 24.8. The lowest BCUT2D eigenvalue weighted by molar-refractivity contribution is -0.135. The SMILES string of the molecule is C[Si](C)(C)OCCCCCCCCCCCCCCCCCCCCCC(=O)O[Si](C)(C)C. The Hall–Kier alpha value is -0.136. The van der Waals surface area contributed by atoms with E-state index in [9.17, 15) is 4.79 Å². The summed E-state index contributed by atoms with van der Waals surface area (Å²) in [6.45, 7) is 14.0. The van der Waals surface area contributed by atoms with Gasteiger partial charge < -0.3 is 8.85 Å². The standard InChI is InChI=1S/C28H60O3Si2/c1-32(2,3)30-27-25-23-21-19-17-15-13-11-9-7-8-10-12-14-16-18-20-22-24-26-28(29)31-33(4,5)6/h7-27H2,1-6H3. The van der Waals surface area contributed by atoms with Crippen LogP contribution in [0, 0.1) is 0 Å². The molecule has 33 heavy (non-hydrogen) atoms. The third-order valence-corrected chi connectivity index (χ3v) is 7.89. The highest BCUT2D eigenvalue weighted by Crippen LogP contribution is 2.15. The van der Waals surface area contributed by atoms with Crippen molar-refractivity contribution in [2.75, 3.05) is 6.61 Å². The summed E-state index contributed by atoms with van der Waals surface area (Å²) in [4.78, 5) is 11.7.